The van der Waals surface area contributed by atoms with Crippen LogP contribution in [0, 0.1) is 0 Å². The van der Waals surface area contributed by atoms with Gasteiger partial charge in [0, 0.05) is 49.3 Å². The zero-order valence-electron chi connectivity index (χ0n) is 17.6. The van der Waals surface area contributed by atoms with Gasteiger partial charge < -0.3 is 20.5 Å². The molecule has 3 N–H and O–H groups in total. The number of nitrogens with zero attached hydrogens (tertiary/aromatic N) is 2. The average molecular weight is 384 g/mol. The number of rotatable bonds is 9. The van der Waals surface area contributed by atoms with Crippen LogP contribution in [0.4, 0.5) is 0 Å². The highest BCUT2D eigenvalue weighted by Gasteiger charge is 2.19. The second-order valence-electron chi connectivity index (χ2n) is 7.84. The molecule has 0 aliphatic carbocycles. The normalized spacial score (nSPS) is 16.6. The van der Waals surface area contributed by atoms with E-state index in [-0.39, 0.29) is 0 Å². The Morgan fingerprint density at radius 1 is 1.18 bits per heavy atom. The third-order valence-electron chi connectivity index (χ3n) is 5.65. The Morgan fingerprint density at radius 2 is 2.00 bits per heavy atom. The minimum atomic E-state index is 0.546. The number of likely N-dealkylation sites (tertiary alicyclic amines) is 1. The zero-order valence-corrected chi connectivity index (χ0v) is 17.6. The van der Waals surface area contributed by atoms with Gasteiger partial charge in [-0.1, -0.05) is 31.5 Å². The summed E-state index contributed by atoms with van der Waals surface area (Å²) in [6.07, 6.45) is 9.29. The molecule has 2 aromatic rings. The molecule has 1 aliphatic heterocycles. The van der Waals surface area contributed by atoms with Gasteiger partial charge in [-0.3, -0.25) is 4.99 Å². The molecule has 0 radical (unpaired) electrons. The molecule has 154 valence electrons. The van der Waals surface area contributed by atoms with E-state index in [9.17, 15) is 0 Å². The monoisotopic (exact) mass is 383 g/mol. The van der Waals surface area contributed by atoms with Crippen LogP contribution in [-0.4, -0.2) is 54.6 Å². The van der Waals surface area contributed by atoms with Crippen LogP contribution in [0.15, 0.2) is 35.5 Å². The van der Waals surface area contributed by atoms with Gasteiger partial charge in [0.2, 0.25) is 0 Å². The molecule has 1 aromatic carbocycles. The van der Waals surface area contributed by atoms with Crippen molar-refractivity contribution in [2.45, 2.75) is 58.4 Å². The summed E-state index contributed by atoms with van der Waals surface area (Å²) in [7, 11) is 0. The van der Waals surface area contributed by atoms with E-state index in [1.165, 1.54) is 61.8 Å². The van der Waals surface area contributed by atoms with Gasteiger partial charge >= 0.3 is 0 Å². The minimum absolute atomic E-state index is 0.546. The number of para-hydroxylation sites is 1. The van der Waals surface area contributed by atoms with E-state index in [4.69, 9.17) is 4.99 Å². The first-order chi connectivity index (χ1) is 13.8. The van der Waals surface area contributed by atoms with Gasteiger partial charge in [0.25, 0.3) is 0 Å². The Labute approximate surface area is 170 Å². The number of piperidine rings is 1. The van der Waals surface area contributed by atoms with Crippen molar-refractivity contribution in [2.75, 3.05) is 32.7 Å². The number of aryl methyl sites for hydroxylation is 1. The Balaban J connectivity index is 1.44. The van der Waals surface area contributed by atoms with Crippen LogP contribution in [0.5, 0.6) is 0 Å². The van der Waals surface area contributed by atoms with E-state index in [1.807, 2.05) is 0 Å². The van der Waals surface area contributed by atoms with Gasteiger partial charge in [-0.25, -0.2) is 0 Å². The van der Waals surface area contributed by atoms with E-state index in [0.717, 1.165) is 31.9 Å². The van der Waals surface area contributed by atoms with Crippen LogP contribution in [-0.2, 0) is 6.42 Å². The maximum Gasteiger partial charge on any atom is 0.191 e. The second-order valence-corrected chi connectivity index (χ2v) is 7.84. The summed E-state index contributed by atoms with van der Waals surface area (Å²) < 4.78 is 0. The molecule has 2 heterocycles. The van der Waals surface area contributed by atoms with Crippen molar-refractivity contribution in [1.29, 1.82) is 0 Å². The van der Waals surface area contributed by atoms with Crippen LogP contribution in [0.3, 0.4) is 0 Å². The summed E-state index contributed by atoms with van der Waals surface area (Å²) >= 11 is 0. The number of nitrogens with one attached hydrogen (secondary N) is 3. The van der Waals surface area contributed by atoms with Gasteiger partial charge in [-0.2, -0.15) is 0 Å². The number of H-pyrrole nitrogens is 1. The first-order valence-electron chi connectivity index (χ1n) is 11.1. The van der Waals surface area contributed by atoms with Gasteiger partial charge in [0.05, 0.1) is 0 Å². The van der Waals surface area contributed by atoms with Gasteiger partial charge in [0.15, 0.2) is 5.96 Å². The lowest BCUT2D eigenvalue weighted by molar-refractivity contribution is 0.203. The van der Waals surface area contributed by atoms with E-state index in [0.29, 0.717) is 6.04 Å². The Bertz CT molecular complexity index is 727. The number of hydrogen-bond acceptors (Lipinski definition) is 2. The smallest absolute Gasteiger partial charge is 0.191 e. The van der Waals surface area contributed by atoms with Crippen molar-refractivity contribution >= 4 is 16.9 Å². The molecule has 1 fully saturated rings. The fourth-order valence-electron chi connectivity index (χ4n) is 3.99. The summed E-state index contributed by atoms with van der Waals surface area (Å²) in [5, 5.41) is 8.42. The molecule has 5 nitrogen and oxygen atoms in total. The van der Waals surface area contributed by atoms with Crippen molar-refractivity contribution in [1.82, 2.24) is 20.5 Å². The molecule has 1 aromatic heterocycles. The topological polar surface area (TPSA) is 55.5 Å². The number of fused-ring (bicyclic) bond motifs is 1. The molecule has 0 bridgehead atoms. The molecule has 0 saturated carbocycles. The molecule has 3 rings (SSSR count). The molecular formula is C23H37N5. The van der Waals surface area contributed by atoms with Gasteiger partial charge in [0.1, 0.15) is 0 Å². The summed E-state index contributed by atoms with van der Waals surface area (Å²) in [5.74, 6) is 0.980. The Hall–Kier alpha value is -2.01. The molecule has 28 heavy (non-hydrogen) atoms. The number of aromatic amines is 1. The number of aliphatic imine (C=N–C) groups is 1. The summed E-state index contributed by atoms with van der Waals surface area (Å²) in [6, 6.07) is 9.07. The molecule has 5 heteroatoms. The van der Waals surface area contributed by atoms with E-state index < -0.39 is 0 Å². The molecule has 0 unspecified atom stereocenters. The standard InChI is InChI=1S/C23H37N5/c1-3-5-15-28-16-12-20(13-17-28)27-23(24-4-2)25-14-8-9-19-18-26-22-11-7-6-10-21(19)22/h6-7,10-11,18,20,26H,3-5,8-9,12-17H2,1-2H3,(H2,24,25,27). The zero-order chi connectivity index (χ0) is 19.6. The lowest BCUT2D eigenvalue weighted by Gasteiger charge is -2.33. The highest BCUT2D eigenvalue weighted by molar-refractivity contribution is 5.83. The maximum absolute atomic E-state index is 4.83. The minimum Gasteiger partial charge on any atom is -0.361 e. The molecule has 0 atom stereocenters. The van der Waals surface area contributed by atoms with Crippen LogP contribution >= 0.6 is 0 Å². The van der Waals surface area contributed by atoms with Crippen molar-refractivity contribution in [3.05, 3.63) is 36.0 Å². The fraction of sp³-hybridized carbons (Fsp3) is 0.609. The predicted molar refractivity (Wildman–Crippen MR) is 120 cm³/mol. The number of guanidine groups is 1. The average Bonchev–Trinajstić information content (AvgIpc) is 3.14. The Kier molecular flexibility index (Phi) is 8.22. The number of unbranched alkanes of at least 4 members (excludes halogenated alkanes) is 1. The number of aromatic nitrogens is 1. The summed E-state index contributed by atoms with van der Waals surface area (Å²) in [6.45, 7) is 9.83. The van der Waals surface area contributed by atoms with E-state index in [1.54, 1.807) is 0 Å². The van der Waals surface area contributed by atoms with E-state index in [2.05, 4.69) is 64.8 Å². The van der Waals surface area contributed by atoms with Crippen molar-refractivity contribution in [3.63, 3.8) is 0 Å². The highest BCUT2D eigenvalue weighted by Crippen LogP contribution is 2.19. The molecule has 1 aliphatic rings. The first-order valence-corrected chi connectivity index (χ1v) is 11.1. The molecule has 0 amide bonds. The third-order valence-corrected chi connectivity index (χ3v) is 5.65. The van der Waals surface area contributed by atoms with E-state index >= 15 is 0 Å². The summed E-state index contributed by atoms with van der Waals surface area (Å²) in [5.41, 5.74) is 2.62. The number of benzene rings is 1. The summed E-state index contributed by atoms with van der Waals surface area (Å²) in [4.78, 5) is 10.8. The number of hydrogen-bond donors (Lipinski definition) is 3. The van der Waals surface area contributed by atoms with Gasteiger partial charge in [-0.15, -0.1) is 0 Å². The van der Waals surface area contributed by atoms with Crippen molar-refractivity contribution in [2.24, 2.45) is 4.99 Å². The Morgan fingerprint density at radius 3 is 2.79 bits per heavy atom. The largest absolute Gasteiger partial charge is 0.361 e. The predicted octanol–water partition coefficient (Wildman–Crippen LogP) is 3.92. The van der Waals surface area contributed by atoms with Crippen LogP contribution in [0.2, 0.25) is 0 Å². The van der Waals surface area contributed by atoms with Crippen LogP contribution in [0.25, 0.3) is 10.9 Å². The first kappa shape index (κ1) is 20.7. The third kappa shape index (κ3) is 5.99. The fourth-order valence-corrected chi connectivity index (χ4v) is 3.99. The molecule has 1 saturated heterocycles. The van der Waals surface area contributed by atoms with Crippen LogP contribution < -0.4 is 10.6 Å². The highest BCUT2D eigenvalue weighted by atomic mass is 15.2. The lowest BCUT2D eigenvalue weighted by Crippen LogP contribution is -2.48. The van der Waals surface area contributed by atoms with Crippen molar-refractivity contribution < 1.29 is 0 Å². The SMILES string of the molecule is CCCCN1CCC(NC(=NCCCc2c[nH]c3ccccc23)NCC)CC1. The lowest BCUT2D eigenvalue weighted by atomic mass is 10.0. The molecular weight excluding hydrogens is 346 g/mol. The quantitative estimate of drug-likeness (QED) is 0.349. The maximum atomic E-state index is 4.83. The second kappa shape index (κ2) is 11.1. The van der Waals surface area contributed by atoms with Crippen LogP contribution in [0.1, 0.15) is 51.5 Å². The van der Waals surface area contributed by atoms with Gasteiger partial charge in [-0.05, 0) is 57.2 Å². The van der Waals surface area contributed by atoms with Crippen molar-refractivity contribution in [3.8, 4) is 0 Å². The molecule has 0 spiro atoms.